The van der Waals surface area contributed by atoms with E-state index in [0.717, 1.165) is 26.7 Å². The van der Waals surface area contributed by atoms with E-state index in [9.17, 15) is 10.1 Å². The van der Waals surface area contributed by atoms with Gasteiger partial charge in [0.2, 0.25) is 0 Å². The third-order valence-electron chi connectivity index (χ3n) is 5.22. The molecule has 0 saturated heterocycles. The summed E-state index contributed by atoms with van der Waals surface area (Å²) in [5.41, 5.74) is 3.13. The van der Waals surface area contributed by atoms with Crippen LogP contribution in [0.4, 0.5) is 0 Å². The number of benzene rings is 3. The zero-order valence-electron chi connectivity index (χ0n) is 18.6. The zero-order chi connectivity index (χ0) is 23.8. The van der Waals surface area contributed by atoms with Crippen LogP contribution in [0.3, 0.4) is 0 Å². The monoisotopic (exact) mass is 465 g/mol. The van der Waals surface area contributed by atoms with Gasteiger partial charge in [0.15, 0.2) is 0 Å². The second-order valence-corrected chi connectivity index (χ2v) is 8.70. The molecule has 34 heavy (non-hydrogen) atoms. The third kappa shape index (κ3) is 5.83. The first-order valence-electron chi connectivity index (χ1n) is 10.8. The number of nitrogens with one attached hydrogen (secondary N) is 1. The van der Waals surface area contributed by atoms with Crippen molar-refractivity contribution in [2.45, 2.75) is 29.4 Å². The number of rotatable bonds is 8. The van der Waals surface area contributed by atoms with Crippen LogP contribution in [0, 0.1) is 11.3 Å². The molecule has 0 fully saturated rings. The summed E-state index contributed by atoms with van der Waals surface area (Å²) >= 11 is 1.42. The van der Waals surface area contributed by atoms with Crippen molar-refractivity contribution in [3.8, 4) is 11.8 Å². The van der Waals surface area contributed by atoms with Gasteiger partial charge in [0, 0.05) is 27.7 Å². The molecule has 1 heterocycles. The van der Waals surface area contributed by atoms with Gasteiger partial charge < -0.3 is 10.1 Å². The van der Waals surface area contributed by atoms with Crippen LogP contribution < -0.4 is 10.1 Å². The first-order valence-corrected chi connectivity index (χ1v) is 11.6. The summed E-state index contributed by atoms with van der Waals surface area (Å²) in [6.07, 6.45) is 3.51. The molecule has 5 nitrogen and oxygen atoms in total. The van der Waals surface area contributed by atoms with Crippen molar-refractivity contribution in [3.05, 3.63) is 120 Å². The fourth-order valence-corrected chi connectivity index (χ4v) is 4.39. The lowest BCUT2D eigenvalue weighted by Gasteiger charge is -2.17. The van der Waals surface area contributed by atoms with Crippen LogP contribution >= 0.6 is 11.8 Å². The van der Waals surface area contributed by atoms with Crippen LogP contribution in [0.2, 0.25) is 0 Å². The summed E-state index contributed by atoms with van der Waals surface area (Å²) in [5, 5.41) is 12.5. The van der Waals surface area contributed by atoms with Crippen LogP contribution in [-0.2, 0) is 6.61 Å². The van der Waals surface area contributed by atoms with Gasteiger partial charge in [-0.1, -0.05) is 54.2 Å². The highest BCUT2D eigenvalue weighted by molar-refractivity contribution is 7.99. The van der Waals surface area contributed by atoms with E-state index in [0.29, 0.717) is 17.7 Å². The Morgan fingerprint density at radius 1 is 1.00 bits per heavy atom. The molecule has 1 unspecified atom stereocenters. The Bertz CT molecular complexity index is 1300. The largest absolute Gasteiger partial charge is 0.489 e. The topological polar surface area (TPSA) is 75.0 Å². The minimum atomic E-state index is -0.190. The van der Waals surface area contributed by atoms with Crippen molar-refractivity contribution in [2.75, 3.05) is 0 Å². The summed E-state index contributed by atoms with van der Waals surface area (Å²) in [7, 11) is 0. The first-order chi connectivity index (χ1) is 16.6. The number of hydrogen-bond acceptors (Lipinski definition) is 5. The van der Waals surface area contributed by atoms with Crippen LogP contribution in [0.5, 0.6) is 5.75 Å². The van der Waals surface area contributed by atoms with E-state index < -0.39 is 0 Å². The van der Waals surface area contributed by atoms with Gasteiger partial charge >= 0.3 is 0 Å². The SMILES string of the molecule is CC(NC(=O)c1ccccc1Sc1ccccc1C#N)c1ccc(OCc2cccnc2)cc1. The Hall–Kier alpha value is -4.08. The average Bonchev–Trinajstić information content (AvgIpc) is 2.89. The smallest absolute Gasteiger partial charge is 0.252 e. The molecule has 1 amide bonds. The lowest BCUT2D eigenvalue weighted by molar-refractivity contribution is 0.0937. The lowest BCUT2D eigenvalue weighted by Crippen LogP contribution is -2.27. The van der Waals surface area contributed by atoms with E-state index >= 15 is 0 Å². The summed E-state index contributed by atoms with van der Waals surface area (Å²) in [5.74, 6) is 0.589. The molecular formula is C28H23N3O2S. The summed E-state index contributed by atoms with van der Waals surface area (Å²) < 4.78 is 5.82. The maximum atomic E-state index is 13.1. The van der Waals surface area contributed by atoms with Gasteiger partial charge in [0.25, 0.3) is 5.91 Å². The highest BCUT2D eigenvalue weighted by atomic mass is 32.2. The summed E-state index contributed by atoms with van der Waals surface area (Å²) in [6, 6.07) is 28.4. The maximum absolute atomic E-state index is 13.1. The van der Waals surface area contributed by atoms with E-state index in [1.807, 2.05) is 79.7 Å². The van der Waals surface area contributed by atoms with Crippen molar-refractivity contribution in [1.29, 1.82) is 5.26 Å². The van der Waals surface area contributed by atoms with Crippen molar-refractivity contribution in [1.82, 2.24) is 10.3 Å². The molecule has 3 aromatic carbocycles. The van der Waals surface area contributed by atoms with Crippen molar-refractivity contribution < 1.29 is 9.53 Å². The second kappa shape index (κ2) is 11.2. The van der Waals surface area contributed by atoms with E-state index in [-0.39, 0.29) is 11.9 Å². The van der Waals surface area contributed by atoms with Gasteiger partial charge in [-0.3, -0.25) is 9.78 Å². The molecular weight excluding hydrogens is 442 g/mol. The van der Waals surface area contributed by atoms with Gasteiger partial charge in [-0.2, -0.15) is 5.26 Å². The number of pyridine rings is 1. The van der Waals surface area contributed by atoms with Gasteiger partial charge in [-0.25, -0.2) is 0 Å². The van der Waals surface area contributed by atoms with Crippen LogP contribution in [0.25, 0.3) is 0 Å². The standard InChI is InChI=1S/C28H23N3O2S/c1-20(22-12-14-24(15-13-22)33-19-21-7-6-16-30-18-21)31-28(32)25-9-3-5-11-27(25)34-26-10-4-2-8-23(26)17-29/h2-16,18,20H,19H2,1H3,(H,31,32). The van der Waals surface area contributed by atoms with Crippen molar-refractivity contribution >= 4 is 17.7 Å². The Kier molecular flexibility index (Phi) is 7.59. The molecule has 0 aliphatic heterocycles. The Morgan fingerprint density at radius 2 is 1.74 bits per heavy atom. The third-order valence-corrected chi connectivity index (χ3v) is 6.37. The van der Waals surface area contributed by atoms with Crippen LogP contribution in [0.15, 0.2) is 107 Å². The molecule has 1 N–H and O–H groups in total. The van der Waals surface area contributed by atoms with E-state index in [1.165, 1.54) is 11.8 Å². The molecule has 4 rings (SSSR count). The number of carbonyl (C=O) groups is 1. The molecule has 0 bridgehead atoms. The minimum absolute atomic E-state index is 0.165. The van der Waals surface area contributed by atoms with Gasteiger partial charge in [-0.15, -0.1) is 0 Å². The zero-order valence-corrected chi connectivity index (χ0v) is 19.5. The van der Waals surface area contributed by atoms with Crippen molar-refractivity contribution in [2.24, 2.45) is 0 Å². The first kappa shape index (κ1) is 23.1. The fraction of sp³-hybridized carbons (Fsp3) is 0.107. The quantitative estimate of drug-likeness (QED) is 0.337. The number of hydrogen-bond donors (Lipinski definition) is 1. The predicted molar refractivity (Wildman–Crippen MR) is 133 cm³/mol. The molecule has 168 valence electrons. The van der Waals surface area contributed by atoms with Gasteiger partial charge in [-0.05, 0) is 55.0 Å². The van der Waals surface area contributed by atoms with Gasteiger partial charge in [0.05, 0.1) is 17.2 Å². The number of nitrogens with zero attached hydrogens (tertiary/aromatic N) is 2. The number of nitriles is 1. The summed E-state index contributed by atoms with van der Waals surface area (Å²) in [4.78, 5) is 18.8. The highest BCUT2D eigenvalue weighted by Gasteiger charge is 2.16. The molecule has 4 aromatic rings. The highest BCUT2D eigenvalue weighted by Crippen LogP contribution is 2.33. The molecule has 0 spiro atoms. The van der Waals surface area contributed by atoms with Crippen LogP contribution in [-0.4, -0.2) is 10.9 Å². The number of ether oxygens (including phenoxy) is 1. The molecule has 0 radical (unpaired) electrons. The lowest BCUT2D eigenvalue weighted by atomic mass is 10.1. The molecule has 0 saturated carbocycles. The maximum Gasteiger partial charge on any atom is 0.252 e. The molecule has 1 atom stereocenters. The van der Waals surface area contributed by atoms with Gasteiger partial charge in [0.1, 0.15) is 18.4 Å². The minimum Gasteiger partial charge on any atom is -0.489 e. The Balaban J connectivity index is 1.41. The van der Waals surface area contributed by atoms with E-state index in [4.69, 9.17) is 4.74 Å². The average molecular weight is 466 g/mol. The molecule has 0 aliphatic carbocycles. The molecule has 6 heteroatoms. The Morgan fingerprint density at radius 3 is 2.47 bits per heavy atom. The van der Waals surface area contributed by atoms with E-state index in [1.54, 1.807) is 24.5 Å². The predicted octanol–water partition coefficient (Wildman–Crippen LogP) is 6.17. The molecule has 0 aliphatic rings. The number of aromatic nitrogens is 1. The van der Waals surface area contributed by atoms with Crippen LogP contribution in [0.1, 0.15) is 40.0 Å². The molecule has 1 aromatic heterocycles. The number of carbonyl (C=O) groups excluding carboxylic acids is 1. The fourth-order valence-electron chi connectivity index (χ4n) is 3.37. The Labute approximate surface area is 203 Å². The normalized spacial score (nSPS) is 11.3. The van der Waals surface area contributed by atoms with Crippen molar-refractivity contribution in [3.63, 3.8) is 0 Å². The number of amides is 1. The second-order valence-electron chi connectivity index (χ2n) is 7.62. The van der Waals surface area contributed by atoms with E-state index in [2.05, 4.69) is 16.4 Å². The summed E-state index contributed by atoms with van der Waals surface area (Å²) in [6.45, 7) is 2.40.